The Labute approximate surface area is 161 Å². The third-order valence-corrected chi connectivity index (χ3v) is 4.30. The van der Waals surface area contributed by atoms with Gasteiger partial charge >= 0.3 is 0 Å². The van der Waals surface area contributed by atoms with Crippen LogP contribution in [0.2, 0.25) is 0 Å². The number of alkyl halides is 2. The molecule has 0 saturated carbocycles. The summed E-state index contributed by atoms with van der Waals surface area (Å²) in [6.45, 7) is 5.98. The molecule has 3 aromatic rings. The van der Waals surface area contributed by atoms with E-state index in [0.717, 1.165) is 6.20 Å². The summed E-state index contributed by atoms with van der Waals surface area (Å²) in [6.07, 6.45) is 0.508. The van der Waals surface area contributed by atoms with Crippen molar-refractivity contribution >= 4 is 11.0 Å². The predicted molar refractivity (Wildman–Crippen MR) is 102 cm³/mol. The summed E-state index contributed by atoms with van der Waals surface area (Å²) in [5, 5.41) is 0.466. The normalized spacial score (nSPS) is 14.0. The van der Waals surface area contributed by atoms with Crippen molar-refractivity contribution in [1.29, 1.82) is 0 Å². The molecule has 8 heteroatoms. The van der Waals surface area contributed by atoms with Gasteiger partial charge in [-0.3, -0.25) is 0 Å². The third-order valence-electron chi connectivity index (χ3n) is 4.30. The first-order valence-corrected chi connectivity index (χ1v) is 9.00. The summed E-state index contributed by atoms with van der Waals surface area (Å²) in [5.74, 6) is -0.178. The Morgan fingerprint density at radius 3 is 2.71 bits per heavy atom. The Morgan fingerprint density at radius 1 is 1.29 bits per heavy atom. The summed E-state index contributed by atoms with van der Waals surface area (Å²) in [4.78, 5) is 10.9. The second-order valence-electron chi connectivity index (χ2n) is 7.67. The van der Waals surface area contributed by atoms with E-state index in [1.165, 1.54) is 12.1 Å². The highest BCUT2D eigenvalue weighted by Crippen LogP contribution is 2.33. The Balaban J connectivity index is 1.92. The second-order valence-corrected chi connectivity index (χ2v) is 7.67. The topological polar surface area (TPSA) is 76.8 Å². The van der Waals surface area contributed by atoms with Gasteiger partial charge in [-0.05, 0) is 37.5 Å². The molecule has 5 nitrogen and oxygen atoms in total. The SMILES string of the molecule is CC(C)C[C@](C)(N)COc1ccc(-c2c[nH]c3ncc(F)cc23)nc1C(F)F. The fourth-order valence-corrected chi connectivity index (χ4v) is 3.31. The maximum Gasteiger partial charge on any atom is 0.284 e. The number of aromatic amines is 1. The van der Waals surface area contributed by atoms with Crippen LogP contribution in [-0.2, 0) is 0 Å². The van der Waals surface area contributed by atoms with Crippen molar-refractivity contribution in [2.75, 3.05) is 6.61 Å². The molecule has 28 heavy (non-hydrogen) atoms. The molecule has 1 atom stereocenters. The molecule has 0 aliphatic rings. The van der Waals surface area contributed by atoms with Gasteiger partial charge in [0.2, 0.25) is 0 Å². The number of nitrogens with two attached hydrogens (primary N) is 1. The molecule has 0 unspecified atom stereocenters. The second kappa shape index (κ2) is 7.79. The number of pyridine rings is 2. The number of fused-ring (bicyclic) bond motifs is 1. The van der Waals surface area contributed by atoms with Gasteiger partial charge in [-0.1, -0.05) is 13.8 Å². The largest absolute Gasteiger partial charge is 0.490 e. The lowest BCUT2D eigenvalue weighted by atomic mass is 9.93. The van der Waals surface area contributed by atoms with Crippen LogP contribution >= 0.6 is 0 Å². The lowest BCUT2D eigenvalue weighted by Crippen LogP contribution is -2.43. The van der Waals surface area contributed by atoms with E-state index in [0.29, 0.717) is 28.9 Å². The quantitative estimate of drug-likeness (QED) is 0.603. The van der Waals surface area contributed by atoms with Crippen molar-refractivity contribution in [3.63, 3.8) is 0 Å². The van der Waals surface area contributed by atoms with Crippen LogP contribution in [0.4, 0.5) is 13.2 Å². The molecule has 3 heterocycles. The average Bonchev–Trinajstić information content (AvgIpc) is 3.01. The van der Waals surface area contributed by atoms with Gasteiger partial charge in [-0.2, -0.15) is 0 Å². The van der Waals surface area contributed by atoms with E-state index in [1.807, 2.05) is 20.8 Å². The number of ether oxygens (including phenoxy) is 1. The molecule has 3 N–H and O–H groups in total. The molecule has 0 saturated heterocycles. The van der Waals surface area contributed by atoms with Gasteiger partial charge in [-0.25, -0.2) is 23.1 Å². The molecule has 0 radical (unpaired) electrons. The van der Waals surface area contributed by atoms with Crippen molar-refractivity contribution in [2.24, 2.45) is 11.7 Å². The molecule has 0 spiro atoms. The third kappa shape index (κ3) is 4.44. The molecule has 3 aromatic heterocycles. The zero-order chi connectivity index (χ0) is 20.5. The minimum atomic E-state index is -2.83. The summed E-state index contributed by atoms with van der Waals surface area (Å²) < 4.78 is 46.3. The fraction of sp³-hybridized carbons (Fsp3) is 0.400. The summed E-state index contributed by atoms with van der Waals surface area (Å²) in [6, 6.07) is 4.29. The number of halogens is 3. The maximum atomic E-state index is 13.6. The standard InChI is InChI=1S/C20H23F3N4O/c1-11(2)7-20(3,24)10-28-16-5-4-15(27-17(16)18(22)23)14-9-26-19-13(14)6-12(21)8-25-19/h4-6,8-9,11,18H,7,10,24H2,1-3H3,(H,25,26)/t20-/m0/s1. The Kier molecular flexibility index (Phi) is 5.60. The molecule has 0 amide bonds. The van der Waals surface area contributed by atoms with E-state index < -0.39 is 23.5 Å². The Morgan fingerprint density at radius 2 is 2.04 bits per heavy atom. The van der Waals surface area contributed by atoms with Crippen molar-refractivity contribution in [3.05, 3.63) is 42.1 Å². The van der Waals surface area contributed by atoms with Crippen LogP contribution in [0.5, 0.6) is 5.75 Å². The van der Waals surface area contributed by atoms with E-state index in [9.17, 15) is 13.2 Å². The molecular weight excluding hydrogens is 369 g/mol. The molecule has 0 aliphatic heterocycles. The highest BCUT2D eigenvalue weighted by atomic mass is 19.3. The minimum absolute atomic E-state index is 0.0108. The predicted octanol–water partition coefficient (Wildman–Crippen LogP) is 4.84. The average molecular weight is 392 g/mol. The van der Waals surface area contributed by atoms with Gasteiger partial charge in [0.05, 0.1) is 11.9 Å². The van der Waals surface area contributed by atoms with Crippen LogP contribution in [-0.4, -0.2) is 27.1 Å². The monoisotopic (exact) mass is 392 g/mol. The zero-order valence-corrected chi connectivity index (χ0v) is 16.0. The zero-order valence-electron chi connectivity index (χ0n) is 16.0. The first kappa shape index (κ1) is 20.1. The molecule has 3 rings (SSSR count). The molecule has 0 aromatic carbocycles. The van der Waals surface area contributed by atoms with Crippen LogP contribution in [0.25, 0.3) is 22.3 Å². The van der Waals surface area contributed by atoms with Gasteiger partial charge in [0, 0.05) is 22.7 Å². The number of H-pyrrole nitrogens is 1. The number of hydrogen-bond donors (Lipinski definition) is 2. The smallest absolute Gasteiger partial charge is 0.284 e. The van der Waals surface area contributed by atoms with Crippen LogP contribution in [0.1, 0.15) is 39.3 Å². The highest BCUT2D eigenvalue weighted by Gasteiger charge is 2.24. The fourth-order valence-electron chi connectivity index (χ4n) is 3.31. The Bertz CT molecular complexity index is 969. The van der Waals surface area contributed by atoms with Gasteiger partial charge in [0.1, 0.15) is 29.5 Å². The Hall–Kier alpha value is -2.61. The molecular formula is C20H23F3N4O. The number of hydrogen-bond acceptors (Lipinski definition) is 4. The van der Waals surface area contributed by atoms with E-state index in [4.69, 9.17) is 10.5 Å². The number of rotatable bonds is 7. The number of nitrogens with zero attached hydrogens (tertiary/aromatic N) is 2. The first-order valence-electron chi connectivity index (χ1n) is 9.00. The molecule has 0 bridgehead atoms. The van der Waals surface area contributed by atoms with Crippen molar-refractivity contribution in [2.45, 2.75) is 39.2 Å². The van der Waals surface area contributed by atoms with Gasteiger partial charge in [0.25, 0.3) is 6.43 Å². The summed E-state index contributed by atoms with van der Waals surface area (Å²) in [7, 11) is 0. The van der Waals surface area contributed by atoms with Crippen LogP contribution in [0, 0.1) is 11.7 Å². The maximum absolute atomic E-state index is 13.6. The van der Waals surface area contributed by atoms with E-state index in [-0.39, 0.29) is 18.1 Å². The summed E-state index contributed by atoms with van der Waals surface area (Å²) >= 11 is 0. The number of aromatic nitrogens is 3. The lowest BCUT2D eigenvalue weighted by molar-refractivity contribution is 0.134. The van der Waals surface area contributed by atoms with Crippen LogP contribution in [0.3, 0.4) is 0 Å². The lowest BCUT2D eigenvalue weighted by Gasteiger charge is -2.27. The van der Waals surface area contributed by atoms with E-state index in [2.05, 4.69) is 15.0 Å². The molecule has 0 fully saturated rings. The van der Waals surface area contributed by atoms with E-state index in [1.54, 1.807) is 12.3 Å². The molecule has 0 aliphatic carbocycles. The van der Waals surface area contributed by atoms with Crippen LogP contribution in [0.15, 0.2) is 30.6 Å². The first-order chi connectivity index (χ1) is 13.2. The minimum Gasteiger partial charge on any atom is -0.490 e. The highest BCUT2D eigenvalue weighted by molar-refractivity contribution is 5.92. The van der Waals surface area contributed by atoms with Gasteiger partial charge < -0.3 is 15.5 Å². The van der Waals surface area contributed by atoms with Gasteiger partial charge in [-0.15, -0.1) is 0 Å². The van der Waals surface area contributed by atoms with Crippen molar-refractivity contribution in [3.8, 4) is 17.0 Å². The molecule has 150 valence electrons. The van der Waals surface area contributed by atoms with Crippen LogP contribution < -0.4 is 10.5 Å². The van der Waals surface area contributed by atoms with Crippen molar-refractivity contribution < 1.29 is 17.9 Å². The number of nitrogens with one attached hydrogen (secondary N) is 1. The summed E-state index contributed by atoms with van der Waals surface area (Å²) in [5.41, 5.74) is 6.28. The van der Waals surface area contributed by atoms with Gasteiger partial charge in [0.15, 0.2) is 0 Å². The van der Waals surface area contributed by atoms with Crippen molar-refractivity contribution in [1.82, 2.24) is 15.0 Å². The van der Waals surface area contributed by atoms with E-state index >= 15 is 0 Å².